The summed E-state index contributed by atoms with van der Waals surface area (Å²) in [6, 6.07) is 0.182. The lowest BCUT2D eigenvalue weighted by Crippen LogP contribution is -2.55. The van der Waals surface area contributed by atoms with Crippen molar-refractivity contribution in [2.75, 3.05) is 33.2 Å². The van der Waals surface area contributed by atoms with Crippen LogP contribution in [0.4, 0.5) is 0 Å². The van der Waals surface area contributed by atoms with Gasteiger partial charge in [-0.3, -0.25) is 10.2 Å². The lowest BCUT2D eigenvalue weighted by molar-refractivity contribution is -0.133. The van der Waals surface area contributed by atoms with Gasteiger partial charge < -0.3 is 10.6 Å². The molecule has 0 aromatic heterocycles. The Bertz CT molecular complexity index is 289. The number of amides is 1. The highest BCUT2D eigenvalue weighted by Crippen LogP contribution is 2.29. The van der Waals surface area contributed by atoms with Gasteiger partial charge in [0.1, 0.15) is 0 Å². The second-order valence-corrected chi connectivity index (χ2v) is 5.83. The summed E-state index contributed by atoms with van der Waals surface area (Å²) in [7, 11) is 2.11. The summed E-state index contributed by atoms with van der Waals surface area (Å²) in [6.45, 7) is 5.96. The Labute approximate surface area is 110 Å². The lowest BCUT2D eigenvalue weighted by Gasteiger charge is -2.36. The first-order chi connectivity index (χ1) is 8.58. The molecular formula is C13H26N4O. The molecule has 18 heavy (non-hydrogen) atoms. The van der Waals surface area contributed by atoms with Gasteiger partial charge in [-0.15, -0.1) is 0 Å². The number of carbonyl (C=O) groups is 1. The summed E-state index contributed by atoms with van der Waals surface area (Å²) < 4.78 is 0. The molecule has 2 fully saturated rings. The molecule has 3 N–H and O–H groups in total. The van der Waals surface area contributed by atoms with Gasteiger partial charge in [-0.2, -0.15) is 0 Å². The lowest BCUT2D eigenvalue weighted by atomic mass is 9.77. The molecule has 0 spiro atoms. The molecule has 5 heteroatoms. The van der Waals surface area contributed by atoms with Crippen molar-refractivity contribution in [2.45, 2.75) is 32.2 Å². The van der Waals surface area contributed by atoms with Crippen molar-refractivity contribution in [1.82, 2.24) is 15.3 Å². The van der Waals surface area contributed by atoms with Crippen molar-refractivity contribution in [3.63, 3.8) is 0 Å². The molecule has 0 aromatic carbocycles. The van der Waals surface area contributed by atoms with E-state index in [2.05, 4.69) is 29.3 Å². The highest BCUT2D eigenvalue weighted by molar-refractivity contribution is 5.78. The predicted octanol–water partition coefficient (Wildman–Crippen LogP) is 0.0285. The summed E-state index contributed by atoms with van der Waals surface area (Å²) in [5, 5.41) is 2.05. The number of nitrogens with zero attached hydrogens (tertiary/aromatic N) is 2. The largest absolute Gasteiger partial charge is 0.327 e. The van der Waals surface area contributed by atoms with Crippen molar-refractivity contribution < 1.29 is 4.79 Å². The third-order valence-corrected chi connectivity index (χ3v) is 4.47. The summed E-state index contributed by atoms with van der Waals surface area (Å²) in [5.74, 6) is 0.557. The second-order valence-electron chi connectivity index (χ2n) is 5.83. The van der Waals surface area contributed by atoms with Gasteiger partial charge in [0, 0.05) is 38.1 Å². The monoisotopic (exact) mass is 254 g/mol. The van der Waals surface area contributed by atoms with E-state index >= 15 is 0 Å². The van der Waals surface area contributed by atoms with E-state index in [4.69, 9.17) is 5.73 Å². The van der Waals surface area contributed by atoms with Gasteiger partial charge in [-0.25, -0.2) is 5.01 Å². The smallest absolute Gasteiger partial charge is 0.237 e. The van der Waals surface area contributed by atoms with Crippen LogP contribution >= 0.6 is 0 Å². The number of rotatable bonds is 2. The maximum absolute atomic E-state index is 12.3. The van der Waals surface area contributed by atoms with E-state index in [0.29, 0.717) is 5.92 Å². The summed E-state index contributed by atoms with van der Waals surface area (Å²) in [4.78, 5) is 14.6. The molecule has 1 heterocycles. The Kier molecular flexibility index (Phi) is 4.59. The van der Waals surface area contributed by atoms with Crippen LogP contribution in [0.3, 0.4) is 0 Å². The van der Waals surface area contributed by atoms with Crippen molar-refractivity contribution >= 4 is 5.91 Å². The normalized spacial score (nSPS) is 35.4. The first-order valence-electron chi connectivity index (χ1n) is 7.07. The molecule has 2 aliphatic rings. The summed E-state index contributed by atoms with van der Waals surface area (Å²) in [6.07, 6.45) is 3.11. The quantitative estimate of drug-likeness (QED) is 0.730. The Morgan fingerprint density at radius 3 is 2.56 bits per heavy atom. The van der Waals surface area contributed by atoms with Crippen molar-refractivity contribution in [3.05, 3.63) is 0 Å². The number of hydrogen-bond donors (Lipinski definition) is 2. The zero-order valence-electron chi connectivity index (χ0n) is 11.6. The minimum Gasteiger partial charge on any atom is -0.327 e. The molecule has 0 radical (unpaired) electrons. The van der Waals surface area contributed by atoms with Crippen LogP contribution in [0, 0.1) is 11.8 Å². The topological polar surface area (TPSA) is 61.6 Å². The van der Waals surface area contributed by atoms with Crippen LogP contribution < -0.4 is 11.2 Å². The van der Waals surface area contributed by atoms with E-state index in [9.17, 15) is 4.79 Å². The fourth-order valence-corrected chi connectivity index (χ4v) is 2.92. The number of hydrazine groups is 1. The van der Waals surface area contributed by atoms with Gasteiger partial charge in [-0.1, -0.05) is 13.3 Å². The minimum atomic E-state index is 0.0911. The number of nitrogens with two attached hydrogens (primary N) is 1. The van der Waals surface area contributed by atoms with Gasteiger partial charge in [0.05, 0.1) is 0 Å². The third-order valence-electron chi connectivity index (χ3n) is 4.47. The Morgan fingerprint density at radius 2 is 1.89 bits per heavy atom. The Hall–Kier alpha value is -0.650. The number of carbonyl (C=O) groups excluding carboxylic acids is 1. The van der Waals surface area contributed by atoms with Crippen molar-refractivity contribution in [1.29, 1.82) is 0 Å². The zero-order chi connectivity index (χ0) is 13.1. The molecule has 1 aliphatic carbocycles. The van der Waals surface area contributed by atoms with Crippen molar-refractivity contribution in [2.24, 2.45) is 17.6 Å². The van der Waals surface area contributed by atoms with Crippen LogP contribution in [-0.2, 0) is 4.79 Å². The maximum atomic E-state index is 12.3. The van der Waals surface area contributed by atoms with Gasteiger partial charge in [0.2, 0.25) is 5.91 Å². The average Bonchev–Trinajstić information content (AvgIpc) is 2.35. The predicted molar refractivity (Wildman–Crippen MR) is 71.7 cm³/mol. The molecule has 3 atom stereocenters. The molecule has 5 nitrogen and oxygen atoms in total. The van der Waals surface area contributed by atoms with Gasteiger partial charge in [-0.05, 0) is 25.8 Å². The van der Waals surface area contributed by atoms with Crippen molar-refractivity contribution in [3.8, 4) is 0 Å². The first-order valence-corrected chi connectivity index (χ1v) is 7.07. The van der Waals surface area contributed by atoms with Crippen LogP contribution in [0.25, 0.3) is 0 Å². The van der Waals surface area contributed by atoms with Crippen LogP contribution in [0.2, 0.25) is 0 Å². The molecule has 3 unspecified atom stereocenters. The fourth-order valence-electron chi connectivity index (χ4n) is 2.92. The zero-order valence-corrected chi connectivity index (χ0v) is 11.6. The average molecular weight is 254 g/mol. The SMILES string of the molecule is CC1C(N)CCCC1C(=O)NN1CCN(C)CC1. The van der Waals surface area contributed by atoms with E-state index < -0.39 is 0 Å². The number of hydrogen-bond acceptors (Lipinski definition) is 4. The summed E-state index contributed by atoms with van der Waals surface area (Å²) in [5.41, 5.74) is 9.13. The van der Waals surface area contributed by atoms with E-state index in [1.165, 1.54) is 0 Å². The van der Waals surface area contributed by atoms with Crippen LogP contribution in [0.1, 0.15) is 26.2 Å². The van der Waals surface area contributed by atoms with Gasteiger partial charge >= 0.3 is 0 Å². The van der Waals surface area contributed by atoms with E-state index in [1.807, 2.05) is 0 Å². The van der Waals surface area contributed by atoms with E-state index in [-0.39, 0.29) is 17.9 Å². The number of nitrogens with one attached hydrogen (secondary N) is 1. The molecule has 0 bridgehead atoms. The first kappa shape index (κ1) is 13.8. The van der Waals surface area contributed by atoms with Crippen LogP contribution in [0.5, 0.6) is 0 Å². The molecule has 104 valence electrons. The molecule has 1 saturated heterocycles. The number of likely N-dealkylation sites (N-methyl/N-ethyl adjacent to an activating group) is 1. The van der Waals surface area contributed by atoms with E-state index in [1.54, 1.807) is 0 Å². The van der Waals surface area contributed by atoms with Crippen LogP contribution in [0.15, 0.2) is 0 Å². The number of piperazine rings is 1. The molecule has 1 aliphatic heterocycles. The van der Waals surface area contributed by atoms with Gasteiger partial charge in [0.25, 0.3) is 0 Å². The highest BCUT2D eigenvalue weighted by Gasteiger charge is 2.33. The van der Waals surface area contributed by atoms with E-state index in [0.717, 1.165) is 45.4 Å². The molecular weight excluding hydrogens is 228 g/mol. The maximum Gasteiger partial charge on any atom is 0.237 e. The molecule has 0 aromatic rings. The second kappa shape index (κ2) is 5.99. The molecule has 2 rings (SSSR count). The van der Waals surface area contributed by atoms with Gasteiger partial charge in [0.15, 0.2) is 0 Å². The van der Waals surface area contributed by atoms with Crippen LogP contribution in [-0.4, -0.2) is 55.1 Å². The minimum absolute atomic E-state index is 0.0911. The highest BCUT2D eigenvalue weighted by atomic mass is 16.2. The summed E-state index contributed by atoms with van der Waals surface area (Å²) >= 11 is 0. The Balaban J connectivity index is 1.83. The standard InChI is InChI=1S/C13H26N4O/c1-10-11(4-3-5-12(10)14)13(18)15-17-8-6-16(2)7-9-17/h10-12H,3-9,14H2,1-2H3,(H,15,18). The molecule has 1 saturated carbocycles. The Morgan fingerprint density at radius 1 is 1.22 bits per heavy atom. The molecule has 1 amide bonds. The third kappa shape index (κ3) is 3.22. The fraction of sp³-hybridized carbons (Fsp3) is 0.923.